The molecule has 0 aliphatic heterocycles. The van der Waals surface area contributed by atoms with Crippen LogP contribution >= 0.6 is 0 Å². The highest BCUT2D eigenvalue weighted by atomic mass is 32.2. The van der Waals surface area contributed by atoms with Crippen LogP contribution in [0.25, 0.3) is 23.0 Å². The number of nitrogens with one attached hydrogen (secondary N) is 3. The van der Waals surface area contributed by atoms with E-state index in [4.69, 9.17) is 9.98 Å². The second-order valence-corrected chi connectivity index (χ2v) is 9.38. The van der Waals surface area contributed by atoms with E-state index in [9.17, 15) is 18.3 Å². The van der Waals surface area contributed by atoms with Crippen molar-refractivity contribution in [2.45, 2.75) is 18.9 Å². The van der Waals surface area contributed by atoms with Crippen LogP contribution < -0.4 is 21.1 Å². The number of aromatic amines is 2. The Morgan fingerprint density at radius 3 is 2.78 bits per heavy atom. The number of hydrogen-bond donors (Lipinski definition) is 4. The van der Waals surface area contributed by atoms with E-state index in [-0.39, 0.29) is 17.6 Å². The van der Waals surface area contributed by atoms with Crippen LogP contribution in [0.1, 0.15) is 18.5 Å². The van der Waals surface area contributed by atoms with Gasteiger partial charge >= 0.3 is 5.69 Å². The molecule has 1 aromatic carbocycles. The number of hydrogen-bond acceptors (Lipinski definition) is 7. The smallest absolute Gasteiger partial charge is 0.326 e. The van der Waals surface area contributed by atoms with Crippen molar-refractivity contribution >= 4 is 27.4 Å². The van der Waals surface area contributed by atoms with Gasteiger partial charge in [0.1, 0.15) is 5.69 Å². The first kappa shape index (κ1) is 20.0. The Hall–Kier alpha value is -3.93. The van der Waals surface area contributed by atoms with Crippen LogP contribution in [0, 0.1) is 0 Å². The number of anilines is 1. The molecule has 0 atom stereocenters. The maximum atomic E-state index is 11.6. The zero-order valence-electron chi connectivity index (χ0n) is 16.9. The zero-order valence-corrected chi connectivity index (χ0v) is 17.7. The van der Waals surface area contributed by atoms with Gasteiger partial charge in [0.15, 0.2) is 11.1 Å². The summed E-state index contributed by atoms with van der Waals surface area (Å²) >= 11 is 0. The van der Waals surface area contributed by atoms with Gasteiger partial charge < -0.3 is 10.1 Å². The molecule has 32 heavy (non-hydrogen) atoms. The maximum absolute atomic E-state index is 11.6. The minimum Gasteiger partial charge on any atom is -0.493 e. The van der Waals surface area contributed by atoms with Crippen LogP contribution in [0.4, 0.5) is 5.69 Å². The number of nitrogens with zero attached hydrogens (tertiary/aromatic N) is 4. The number of rotatable bonds is 5. The van der Waals surface area contributed by atoms with Crippen molar-refractivity contribution in [3.63, 3.8) is 0 Å². The topological polar surface area (TPSA) is 158 Å². The number of fused-ring (bicyclic) bond motifs is 1. The summed E-state index contributed by atoms with van der Waals surface area (Å²) in [5.74, 6) is -0.284. The quantitative estimate of drug-likeness (QED) is 0.336. The van der Waals surface area contributed by atoms with E-state index < -0.39 is 15.7 Å². The van der Waals surface area contributed by atoms with E-state index in [0.717, 1.165) is 19.1 Å². The molecule has 4 aromatic rings. The van der Waals surface area contributed by atoms with Crippen LogP contribution in [0.3, 0.4) is 0 Å². The highest BCUT2D eigenvalue weighted by Gasteiger charge is 2.20. The zero-order chi connectivity index (χ0) is 22.5. The summed E-state index contributed by atoms with van der Waals surface area (Å²) in [6.45, 7) is 0. The molecule has 4 N–H and O–H groups in total. The van der Waals surface area contributed by atoms with Gasteiger partial charge in [-0.15, -0.1) is 0 Å². The SMILES string of the molecule is CS(=O)(=O)Nc1cccc(-c2cc(=NC3CC3)n3ncc(=Cc4[nH]c(=O)[nH]c4O)c3n2)c1. The lowest BCUT2D eigenvalue weighted by molar-refractivity contribution is 0.454. The lowest BCUT2D eigenvalue weighted by atomic mass is 10.1. The summed E-state index contributed by atoms with van der Waals surface area (Å²) in [5.41, 5.74) is 2.46. The molecular weight excluding hydrogens is 434 g/mol. The molecule has 3 heterocycles. The molecule has 5 rings (SSSR count). The van der Waals surface area contributed by atoms with E-state index in [0.29, 0.717) is 33.3 Å². The normalized spacial score (nSPS) is 15.5. The number of sulfonamides is 1. The predicted octanol–water partition coefficient (Wildman–Crippen LogP) is 0.101. The summed E-state index contributed by atoms with van der Waals surface area (Å²) in [4.78, 5) is 25.7. The number of benzene rings is 1. The van der Waals surface area contributed by atoms with E-state index in [1.165, 1.54) is 0 Å². The van der Waals surface area contributed by atoms with Crippen molar-refractivity contribution in [3.05, 3.63) is 63.4 Å². The molecule has 1 saturated carbocycles. The van der Waals surface area contributed by atoms with Crippen molar-refractivity contribution in [1.29, 1.82) is 0 Å². The van der Waals surface area contributed by atoms with Gasteiger partial charge in [0.05, 0.1) is 24.2 Å². The van der Waals surface area contributed by atoms with Crippen molar-refractivity contribution < 1.29 is 13.5 Å². The van der Waals surface area contributed by atoms with Gasteiger partial charge in [-0.25, -0.2) is 18.2 Å². The Bertz CT molecular complexity index is 1630. The molecule has 0 unspecified atom stereocenters. The van der Waals surface area contributed by atoms with Gasteiger partial charge in [-0.2, -0.15) is 9.61 Å². The molecule has 164 valence electrons. The largest absolute Gasteiger partial charge is 0.493 e. The molecule has 11 nitrogen and oxygen atoms in total. The molecule has 0 amide bonds. The molecule has 0 spiro atoms. The average Bonchev–Trinajstić information content (AvgIpc) is 3.35. The highest BCUT2D eigenvalue weighted by Crippen LogP contribution is 2.24. The number of aromatic hydroxyl groups is 1. The van der Waals surface area contributed by atoms with Crippen LogP contribution in [0.5, 0.6) is 5.88 Å². The first-order valence-electron chi connectivity index (χ1n) is 9.79. The summed E-state index contributed by atoms with van der Waals surface area (Å²) in [7, 11) is -3.42. The summed E-state index contributed by atoms with van der Waals surface area (Å²) in [6, 6.07) is 8.93. The second kappa shape index (κ2) is 7.34. The fourth-order valence-electron chi connectivity index (χ4n) is 3.30. The Morgan fingerprint density at radius 2 is 2.09 bits per heavy atom. The fraction of sp³-hybridized carbons (Fsp3) is 0.200. The van der Waals surface area contributed by atoms with Crippen molar-refractivity contribution in [1.82, 2.24) is 24.6 Å². The second-order valence-electron chi connectivity index (χ2n) is 7.64. The van der Waals surface area contributed by atoms with E-state index >= 15 is 0 Å². The van der Waals surface area contributed by atoms with E-state index in [2.05, 4.69) is 19.8 Å². The van der Waals surface area contributed by atoms with Gasteiger partial charge in [0.25, 0.3) is 0 Å². The number of imidazole rings is 1. The molecular formula is C20H19N7O4S. The standard InChI is InChI=1S/C20H19N7O4S/c1-32(30,31)26-14-4-2-3-11(7-14)15-9-17(22-13-5-6-13)27-18(23-15)12(10-21-27)8-16-19(28)25-20(29)24-16/h2-4,7-10,13,26,28H,5-6H2,1H3,(H2,24,25,29). The Kier molecular flexibility index (Phi) is 4.59. The Labute approximate surface area is 181 Å². The first-order valence-corrected chi connectivity index (χ1v) is 11.7. The van der Waals surface area contributed by atoms with Crippen molar-refractivity contribution in [3.8, 4) is 17.1 Å². The van der Waals surface area contributed by atoms with Crippen LogP contribution in [-0.4, -0.2) is 50.4 Å². The molecule has 12 heteroatoms. The van der Waals surface area contributed by atoms with Gasteiger partial charge in [-0.3, -0.25) is 14.7 Å². The minimum atomic E-state index is -3.42. The van der Waals surface area contributed by atoms with Gasteiger partial charge in [-0.05, 0) is 31.1 Å². The Balaban J connectivity index is 1.72. The van der Waals surface area contributed by atoms with E-state index in [1.807, 2.05) is 6.07 Å². The van der Waals surface area contributed by atoms with Gasteiger partial charge in [-0.1, -0.05) is 12.1 Å². The van der Waals surface area contributed by atoms with Crippen LogP contribution in [0.15, 0.2) is 46.3 Å². The maximum Gasteiger partial charge on any atom is 0.326 e. The Morgan fingerprint density at radius 1 is 1.28 bits per heavy atom. The summed E-state index contributed by atoms with van der Waals surface area (Å²) in [6.07, 6.45) is 6.24. The molecule has 1 fully saturated rings. The first-order chi connectivity index (χ1) is 15.2. The van der Waals surface area contributed by atoms with E-state index in [1.54, 1.807) is 41.1 Å². The minimum absolute atomic E-state index is 0.206. The predicted molar refractivity (Wildman–Crippen MR) is 117 cm³/mol. The highest BCUT2D eigenvalue weighted by molar-refractivity contribution is 7.92. The molecule has 1 aliphatic rings. The third-order valence-corrected chi connectivity index (χ3v) is 5.45. The van der Waals surface area contributed by atoms with Gasteiger partial charge in [0.2, 0.25) is 15.9 Å². The molecule has 0 saturated heterocycles. The fourth-order valence-corrected chi connectivity index (χ4v) is 3.86. The third kappa shape index (κ3) is 4.12. The van der Waals surface area contributed by atoms with Crippen molar-refractivity contribution in [2.24, 2.45) is 4.99 Å². The monoisotopic (exact) mass is 453 g/mol. The third-order valence-electron chi connectivity index (χ3n) is 4.84. The van der Waals surface area contributed by atoms with Crippen molar-refractivity contribution in [2.75, 3.05) is 11.0 Å². The summed E-state index contributed by atoms with van der Waals surface area (Å²) < 4.78 is 27.3. The van der Waals surface area contributed by atoms with Gasteiger partial charge in [0, 0.05) is 22.5 Å². The summed E-state index contributed by atoms with van der Waals surface area (Å²) in [5, 5.41) is 14.9. The molecule has 0 bridgehead atoms. The lowest BCUT2D eigenvalue weighted by Crippen LogP contribution is -2.19. The molecule has 0 radical (unpaired) electrons. The number of aromatic nitrogens is 5. The number of H-pyrrole nitrogens is 2. The average molecular weight is 453 g/mol. The van der Waals surface area contributed by atoms with Crippen LogP contribution in [0.2, 0.25) is 0 Å². The van der Waals surface area contributed by atoms with Crippen LogP contribution in [-0.2, 0) is 10.0 Å². The molecule has 1 aliphatic carbocycles. The lowest BCUT2D eigenvalue weighted by Gasteiger charge is -2.07. The molecule has 3 aromatic heterocycles.